The van der Waals surface area contributed by atoms with Gasteiger partial charge in [-0.2, -0.15) is 4.57 Å². The van der Waals surface area contributed by atoms with Gasteiger partial charge in [-0.05, 0) is 20.8 Å². The van der Waals surface area contributed by atoms with Crippen molar-refractivity contribution < 1.29 is 48.9 Å². The van der Waals surface area contributed by atoms with E-state index >= 15 is 0 Å². The molecule has 1 aromatic rings. The second-order valence-electron chi connectivity index (χ2n) is 6.96. The minimum absolute atomic E-state index is 0.714. The molecule has 0 radical (unpaired) electrons. The van der Waals surface area contributed by atoms with Crippen LogP contribution in [-0.4, -0.2) is 66.7 Å². The van der Waals surface area contributed by atoms with E-state index in [1.165, 1.54) is 24.5 Å². The number of carbonyl (C=O) groups excluding carboxylic acids is 3. The summed E-state index contributed by atoms with van der Waals surface area (Å²) in [6.07, 6.45) is 0.119. The maximum atomic E-state index is 12.6. The van der Waals surface area contributed by atoms with Crippen LogP contribution in [0, 0.1) is 0 Å². The third-order valence-corrected chi connectivity index (χ3v) is 5.46. The predicted octanol–water partition coefficient (Wildman–Crippen LogP) is -1.91. The Morgan fingerprint density at radius 2 is 1.32 bits per heavy atom. The molecule has 5 atom stereocenters. The summed E-state index contributed by atoms with van der Waals surface area (Å²) in [7, 11) is 0. The molecule has 0 aromatic carbocycles. The summed E-state index contributed by atoms with van der Waals surface area (Å²) < 4.78 is 6.50. The van der Waals surface area contributed by atoms with Crippen molar-refractivity contribution in [2.45, 2.75) is 56.3 Å². The van der Waals surface area contributed by atoms with Gasteiger partial charge in [0.05, 0.1) is 0 Å². The number of ether oxygens (including phenoxy) is 1. The van der Waals surface area contributed by atoms with Gasteiger partial charge in [-0.1, -0.05) is 6.07 Å². The van der Waals surface area contributed by atoms with Crippen LogP contribution in [0.2, 0.25) is 0 Å². The maximum Gasteiger partial charge on any atom is 0.336 e. The highest BCUT2D eigenvalue weighted by atomic mass is 16.6. The predicted molar refractivity (Wildman–Crippen MR) is 89.7 cm³/mol. The zero-order valence-corrected chi connectivity index (χ0v) is 15.7. The number of aliphatic carboxylic acids is 1. The minimum Gasteiger partial charge on any atom is -0.479 e. The van der Waals surface area contributed by atoms with Gasteiger partial charge in [-0.15, -0.1) is 0 Å². The maximum absolute atomic E-state index is 12.6. The Morgan fingerprint density at radius 1 is 0.857 bits per heavy atom. The molecule has 0 spiro atoms. The van der Waals surface area contributed by atoms with E-state index in [0.717, 1.165) is 25.3 Å². The summed E-state index contributed by atoms with van der Waals surface area (Å²) in [4.78, 5) is 49.2. The Hall–Kier alpha value is -2.53. The molecule has 1 fully saturated rings. The van der Waals surface area contributed by atoms with Gasteiger partial charge in [0, 0.05) is 19.1 Å². The number of nitrogens with zero attached hydrogens (tertiary/aromatic N) is 1. The van der Waals surface area contributed by atoms with Crippen LogP contribution in [0.5, 0.6) is 0 Å². The van der Waals surface area contributed by atoms with Crippen LogP contribution >= 0.6 is 0 Å². The average molecular weight is 396 g/mol. The first-order chi connectivity index (χ1) is 12.7. The van der Waals surface area contributed by atoms with Gasteiger partial charge in [0.1, 0.15) is 0 Å². The number of hydrogen-bond donors (Lipinski definition) is 4. The van der Waals surface area contributed by atoms with E-state index in [4.69, 9.17) is 4.74 Å². The fraction of sp³-hybridized carbons (Fsp3) is 0.500. The number of aromatic nitrogens is 1. The van der Waals surface area contributed by atoms with Crippen LogP contribution in [0.4, 0.5) is 0 Å². The number of ketones is 3. The quantitative estimate of drug-likeness (QED) is 0.416. The van der Waals surface area contributed by atoms with Crippen molar-refractivity contribution in [1.82, 2.24) is 0 Å². The second kappa shape index (κ2) is 6.52. The number of Topliss-reactive ketones (excluding diaryl/α,β-unsaturated/α-hetero) is 3. The van der Waals surface area contributed by atoms with Gasteiger partial charge < -0.3 is 20.4 Å². The zero-order chi connectivity index (χ0) is 21.7. The van der Waals surface area contributed by atoms with Gasteiger partial charge >= 0.3 is 11.7 Å². The number of pyridine rings is 1. The number of carboxylic acids is 1. The number of aliphatic hydroxyl groups is 3. The molecule has 0 bridgehead atoms. The monoisotopic (exact) mass is 396 g/mol. The van der Waals surface area contributed by atoms with E-state index < -0.39 is 52.0 Å². The Kier molecular flexibility index (Phi) is 5.07. The molecule has 1 saturated heterocycles. The molecule has 2 rings (SSSR count). The number of hydrogen-bond acceptors (Lipinski definition) is 8. The highest BCUT2D eigenvalue weighted by molar-refractivity contribution is 6.07. The lowest BCUT2D eigenvalue weighted by atomic mass is 9.57. The van der Waals surface area contributed by atoms with E-state index in [9.17, 15) is 39.6 Å². The first-order valence-corrected chi connectivity index (χ1v) is 8.30. The van der Waals surface area contributed by atoms with Crippen LogP contribution in [0.1, 0.15) is 27.7 Å². The summed E-state index contributed by atoms with van der Waals surface area (Å²) in [5, 5.41) is 43.3. The van der Waals surface area contributed by atoms with Gasteiger partial charge in [0.2, 0.25) is 11.7 Å². The van der Waals surface area contributed by atoms with Gasteiger partial charge in [-0.3, -0.25) is 19.1 Å². The number of rotatable bonds is 5. The van der Waals surface area contributed by atoms with Crippen molar-refractivity contribution in [1.29, 1.82) is 0 Å². The third-order valence-electron chi connectivity index (χ3n) is 5.46. The molecule has 1 aliphatic heterocycles. The summed E-state index contributed by atoms with van der Waals surface area (Å²) >= 11 is 0. The minimum atomic E-state index is -3.53. The molecule has 0 amide bonds. The fourth-order valence-corrected chi connectivity index (χ4v) is 3.91. The highest BCUT2D eigenvalue weighted by Gasteiger charge is 2.86. The zero-order valence-electron chi connectivity index (χ0n) is 15.7. The summed E-state index contributed by atoms with van der Waals surface area (Å²) in [5.41, 5.74) is -12.6. The third kappa shape index (κ3) is 2.32. The molecule has 4 N–H and O–H groups in total. The Morgan fingerprint density at radius 3 is 1.68 bits per heavy atom. The Labute approximate surface area is 160 Å². The van der Waals surface area contributed by atoms with E-state index in [2.05, 4.69) is 0 Å². The smallest absolute Gasteiger partial charge is 0.336 e. The molecule has 0 saturated carbocycles. The second-order valence-corrected chi connectivity index (χ2v) is 6.96. The normalized spacial score (nSPS) is 37.9. The van der Waals surface area contributed by atoms with Crippen molar-refractivity contribution in [2.24, 2.45) is 0 Å². The van der Waals surface area contributed by atoms with E-state index in [1.807, 2.05) is 0 Å². The van der Waals surface area contributed by atoms with Gasteiger partial charge in [0.25, 0.3) is 5.60 Å². The Bertz CT molecular complexity index is 856. The van der Waals surface area contributed by atoms with E-state index in [0.29, 0.717) is 6.92 Å². The summed E-state index contributed by atoms with van der Waals surface area (Å²) in [5.74, 6) is -5.88. The van der Waals surface area contributed by atoms with Crippen LogP contribution in [0.15, 0.2) is 30.6 Å². The molecule has 0 aliphatic carbocycles. The lowest BCUT2D eigenvalue weighted by Crippen LogP contribution is -2.92. The molecule has 10 heteroatoms. The summed E-state index contributed by atoms with van der Waals surface area (Å²) in [6.45, 7) is 3.33. The molecule has 2 heterocycles. The largest absolute Gasteiger partial charge is 0.479 e. The van der Waals surface area contributed by atoms with E-state index in [1.54, 1.807) is 6.07 Å². The molecule has 1 aromatic heterocycles. The lowest BCUT2D eigenvalue weighted by molar-refractivity contribution is -0.829. The fourth-order valence-electron chi connectivity index (χ4n) is 3.91. The van der Waals surface area contributed by atoms with Crippen LogP contribution in [0.3, 0.4) is 0 Å². The first kappa shape index (κ1) is 21.8. The highest BCUT2D eigenvalue weighted by Crippen LogP contribution is 2.51. The van der Waals surface area contributed by atoms with Gasteiger partial charge in [0.15, 0.2) is 35.3 Å². The summed E-state index contributed by atoms with van der Waals surface area (Å²) in [6, 6.07) is 4.50. The van der Waals surface area contributed by atoms with Crippen molar-refractivity contribution in [3.05, 3.63) is 30.6 Å². The van der Waals surface area contributed by atoms with Crippen molar-refractivity contribution in [2.75, 3.05) is 0 Å². The number of carboxylic acid groups (broad SMARTS) is 1. The molecular weight excluding hydrogens is 374 g/mol. The standard InChI is InChI=1S/C18H21NO9/c1-10(20)16(25)13(14(23)24)28-15(4,19-8-6-5-7-9-19)17(26,11(2)21)18(16,27)12(3)22/h5-9,13,25-27H,1-4H3/p+1/t13-,15-,16-,17+,18+/m1/s1. The molecule has 28 heavy (non-hydrogen) atoms. The average Bonchev–Trinajstić information content (AvgIpc) is 2.62. The molecule has 10 nitrogen and oxygen atoms in total. The molecule has 152 valence electrons. The van der Waals surface area contributed by atoms with Crippen molar-refractivity contribution >= 4 is 23.3 Å². The first-order valence-electron chi connectivity index (χ1n) is 8.30. The molecule has 0 unspecified atom stereocenters. The van der Waals surface area contributed by atoms with Crippen molar-refractivity contribution in [3.63, 3.8) is 0 Å². The SMILES string of the molecule is CC(=O)[C@@]1(O)[C@](O)(C(C)=O)[C@](C)([n+]2ccccc2)O[C@H](C(=O)O)[C@]1(O)C(C)=O. The Balaban J connectivity index is 3.05. The molecular formula is C18H22NO9+. The molecule has 1 aliphatic rings. The van der Waals surface area contributed by atoms with E-state index in [-0.39, 0.29) is 0 Å². The van der Waals surface area contributed by atoms with Crippen LogP contribution < -0.4 is 4.57 Å². The lowest BCUT2D eigenvalue weighted by Gasteiger charge is -2.57. The topological polar surface area (TPSA) is 162 Å². The van der Waals surface area contributed by atoms with Crippen molar-refractivity contribution in [3.8, 4) is 0 Å². The van der Waals surface area contributed by atoms with Crippen LogP contribution in [-0.2, 0) is 29.6 Å². The van der Waals surface area contributed by atoms with Crippen LogP contribution in [0.25, 0.3) is 0 Å². The number of carbonyl (C=O) groups is 4. The van der Waals surface area contributed by atoms with Gasteiger partial charge in [-0.25, -0.2) is 4.79 Å².